The van der Waals surface area contributed by atoms with E-state index in [0.29, 0.717) is 19.8 Å². The first-order valence-electron chi connectivity index (χ1n) is 4.77. The molecule has 0 spiro atoms. The first-order chi connectivity index (χ1) is 6.66. The van der Waals surface area contributed by atoms with E-state index in [2.05, 4.69) is 9.97 Å². The molecule has 0 atom stereocenters. The summed E-state index contributed by atoms with van der Waals surface area (Å²) >= 11 is 0. The van der Waals surface area contributed by atoms with Crippen molar-refractivity contribution in [1.29, 1.82) is 0 Å². The Balaban J connectivity index is 2.39. The van der Waals surface area contributed by atoms with Gasteiger partial charge in [0, 0.05) is 17.9 Å². The van der Waals surface area contributed by atoms with Crippen LogP contribution in [-0.4, -0.2) is 29.7 Å². The van der Waals surface area contributed by atoms with Gasteiger partial charge in [0.2, 0.25) is 0 Å². The lowest BCUT2D eigenvalue weighted by Gasteiger charge is -2.39. The molecule has 1 aliphatic heterocycles. The number of ether oxygens (including phenoxy) is 1. The highest BCUT2D eigenvalue weighted by atomic mass is 16.5. The third kappa shape index (κ3) is 1.40. The molecule has 2 heterocycles. The standard InChI is InChI=1S/C10H15N3O/c1-7-3-8(2)13-9(12-7)10(4-11)5-14-6-10/h3H,4-6,11H2,1-2H3. The Labute approximate surface area is 83.5 Å². The van der Waals surface area contributed by atoms with Crippen molar-refractivity contribution in [2.75, 3.05) is 19.8 Å². The van der Waals surface area contributed by atoms with Gasteiger partial charge in [0.1, 0.15) is 5.82 Å². The summed E-state index contributed by atoms with van der Waals surface area (Å²) in [7, 11) is 0. The van der Waals surface area contributed by atoms with E-state index in [1.54, 1.807) is 0 Å². The summed E-state index contributed by atoms with van der Waals surface area (Å²) in [6.07, 6.45) is 0. The SMILES string of the molecule is Cc1cc(C)nc(C2(CN)COC2)n1. The number of aryl methyl sites for hydroxylation is 2. The van der Waals surface area contributed by atoms with Crippen LogP contribution in [0.25, 0.3) is 0 Å². The molecule has 0 aromatic carbocycles. The van der Waals surface area contributed by atoms with E-state index in [-0.39, 0.29) is 5.41 Å². The van der Waals surface area contributed by atoms with Crippen LogP contribution in [0, 0.1) is 13.8 Å². The number of aromatic nitrogens is 2. The van der Waals surface area contributed by atoms with Crippen molar-refractivity contribution >= 4 is 0 Å². The van der Waals surface area contributed by atoms with Gasteiger partial charge >= 0.3 is 0 Å². The average Bonchev–Trinajstić information content (AvgIpc) is 2.01. The number of hydrogen-bond acceptors (Lipinski definition) is 4. The topological polar surface area (TPSA) is 61.0 Å². The molecular formula is C10H15N3O. The minimum Gasteiger partial charge on any atom is -0.379 e. The molecule has 0 radical (unpaired) electrons. The van der Waals surface area contributed by atoms with Crippen LogP contribution in [0.1, 0.15) is 17.2 Å². The van der Waals surface area contributed by atoms with E-state index >= 15 is 0 Å². The molecular weight excluding hydrogens is 178 g/mol. The quantitative estimate of drug-likeness (QED) is 0.734. The summed E-state index contributed by atoms with van der Waals surface area (Å²) in [4.78, 5) is 8.86. The fourth-order valence-corrected chi connectivity index (χ4v) is 1.65. The molecule has 76 valence electrons. The molecule has 1 aromatic rings. The second-order valence-electron chi connectivity index (χ2n) is 3.95. The number of rotatable bonds is 2. The smallest absolute Gasteiger partial charge is 0.140 e. The fourth-order valence-electron chi connectivity index (χ4n) is 1.65. The third-order valence-corrected chi connectivity index (χ3v) is 2.60. The summed E-state index contributed by atoms with van der Waals surface area (Å²) in [5, 5.41) is 0. The van der Waals surface area contributed by atoms with Gasteiger partial charge < -0.3 is 10.5 Å². The highest BCUT2D eigenvalue weighted by molar-refractivity contribution is 5.18. The van der Waals surface area contributed by atoms with Crippen LogP contribution < -0.4 is 5.73 Å². The highest BCUT2D eigenvalue weighted by Crippen LogP contribution is 2.28. The van der Waals surface area contributed by atoms with Crippen molar-refractivity contribution in [3.8, 4) is 0 Å². The van der Waals surface area contributed by atoms with E-state index in [1.165, 1.54) is 0 Å². The van der Waals surface area contributed by atoms with E-state index in [0.717, 1.165) is 17.2 Å². The van der Waals surface area contributed by atoms with Gasteiger partial charge in [-0.3, -0.25) is 0 Å². The number of nitrogens with two attached hydrogens (primary N) is 1. The molecule has 0 unspecified atom stereocenters. The van der Waals surface area contributed by atoms with Crippen molar-refractivity contribution in [3.05, 3.63) is 23.3 Å². The Hall–Kier alpha value is -1.00. The molecule has 4 nitrogen and oxygen atoms in total. The zero-order valence-corrected chi connectivity index (χ0v) is 8.58. The molecule has 2 N–H and O–H groups in total. The van der Waals surface area contributed by atoms with E-state index < -0.39 is 0 Å². The zero-order valence-electron chi connectivity index (χ0n) is 8.58. The molecule has 1 fully saturated rings. The summed E-state index contributed by atoms with van der Waals surface area (Å²) in [6, 6.07) is 1.97. The van der Waals surface area contributed by atoms with Gasteiger partial charge in [0.25, 0.3) is 0 Å². The molecule has 0 saturated carbocycles. The number of nitrogens with zero attached hydrogens (tertiary/aromatic N) is 2. The van der Waals surface area contributed by atoms with E-state index in [1.807, 2.05) is 19.9 Å². The van der Waals surface area contributed by atoms with Crippen molar-refractivity contribution in [2.45, 2.75) is 19.3 Å². The van der Waals surface area contributed by atoms with E-state index in [9.17, 15) is 0 Å². The monoisotopic (exact) mass is 193 g/mol. The molecule has 0 amide bonds. The Morgan fingerprint density at radius 3 is 2.29 bits per heavy atom. The van der Waals surface area contributed by atoms with Crippen molar-refractivity contribution < 1.29 is 4.74 Å². The van der Waals surface area contributed by atoms with Crippen molar-refractivity contribution in [1.82, 2.24) is 9.97 Å². The first-order valence-corrected chi connectivity index (χ1v) is 4.77. The molecule has 0 bridgehead atoms. The zero-order chi connectivity index (χ0) is 10.2. The molecule has 2 rings (SSSR count). The lowest BCUT2D eigenvalue weighted by Crippen LogP contribution is -2.53. The summed E-state index contributed by atoms with van der Waals surface area (Å²) in [5.41, 5.74) is 7.60. The maximum Gasteiger partial charge on any atom is 0.140 e. The predicted molar refractivity (Wildman–Crippen MR) is 53.1 cm³/mol. The van der Waals surface area contributed by atoms with Gasteiger partial charge in [-0.2, -0.15) is 0 Å². The Morgan fingerprint density at radius 1 is 1.36 bits per heavy atom. The van der Waals surface area contributed by atoms with Gasteiger partial charge in [-0.1, -0.05) is 0 Å². The maximum absolute atomic E-state index is 5.74. The molecule has 4 heteroatoms. The van der Waals surface area contributed by atoms with Gasteiger partial charge in [-0.15, -0.1) is 0 Å². The highest BCUT2D eigenvalue weighted by Gasteiger charge is 2.42. The van der Waals surface area contributed by atoms with Crippen molar-refractivity contribution in [3.63, 3.8) is 0 Å². The molecule has 1 aromatic heterocycles. The molecule has 0 aliphatic carbocycles. The minimum atomic E-state index is -0.128. The molecule has 14 heavy (non-hydrogen) atoms. The second kappa shape index (κ2) is 3.29. The summed E-state index contributed by atoms with van der Waals surface area (Å²) < 4.78 is 5.20. The van der Waals surface area contributed by atoms with Gasteiger partial charge in [0.15, 0.2) is 0 Å². The lowest BCUT2D eigenvalue weighted by molar-refractivity contribution is -0.0595. The largest absolute Gasteiger partial charge is 0.379 e. The van der Waals surface area contributed by atoms with E-state index in [4.69, 9.17) is 10.5 Å². The minimum absolute atomic E-state index is 0.128. The van der Waals surface area contributed by atoms with Crippen LogP contribution in [0.4, 0.5) is 0 Å². The van der Waals surface area contributed by atoms with Crippen LogP contribution in [-0.2, 0) is 10.2 Å². The molecule has 1 aliphatic rings. The Morgan fingerprint density at radius 2 is 1.93 bits per heavy atom. The van der Waals surface area contributed by atoms with Crippen LogP contribution in [0.3, 0.4) is 0 Å². The summed E-state index contributed by atoms with van der Waals surface area (Å²) in [5.74, 6) is 0.837. The number of hydrogen-bond donors (Lipinski definition) is 1. The average molecular weight is 193 g/mol. The predicted octanol–water partition coefficient (Wildman–Crippen LogP) is 0.320. The van der Waals surface area contributed by atoms with Crippen LogP contribution in [0.5, 0.6) is 0 Å². The van der Waals surface area contributed by atoms with Crippen LogP contribution >= 0.6 is 0 Å². The fraction of sp³-hybridized carbons (Fsp3) is 0.600. The molecule has 1 saturated heterocycles. The lowest BCUT2D eigenvalue weighted by atomic mass is 9.85. The maximum atomic E-state index is 5.74. The Bertz CT molecular complexity index is 321. The van der Waals surface area contributed by atoms with Crippen LogP contribution in [0.15, 0.2) is 6.07 Å². The first kappa shape index (κ1) is 9.55. The van der Waals surface area contributed by atoms with Crippen LogP contribution in [0.2, 0.25) is 0 Å². The van der Waals surface area contributed by atoms with Gasteiger partial charge in [0.05, 0.1) is 18.6 Å². The van der Waals surface area contributed by atoms with Crippen molar-refractivity contribution in [2.24, 2.45) is 5.73 Å². The van der Waals surface area contributed by atoms with Gasteiger partial charge in [-0.05, 0) is 19.9 Å². The normalized spacial score (nSPS) is 19.1. The third-order valence-electron chi connectivity index (χ3n) is 2.60. The van der Waals surface area contributed by atoms with Gasteiger partial charge in [-0.25, -0.2) is 9.97 Å². The summed E-state index contributed by atoms with van der Waals surface area (Å²) in [6.45, 7) is 5.79. The Kier molecular flexibility index (Phi) is 2.25. The second-order valence-corrected chi connectivity index (χ2v) is 3.95.